The number of benzene rings is 2. The fourth-order valence-electron chi connectivity index (χ4n) is 3.29. The number of aromatic nitrogens is 3. The molecule has 4 rings (SSSR count). The summed E-state index contributed by atoms with van der Waals surface area (Å²) in [5.41, 5.74) is 4.21. The first-order valence-electron chi connectivity index (χ1n) is 9.43. The van der Waals surface area contributed by atoms with Crippen LogP contribution in [0.25, 0.3) is 22.4 Å². The summed E-state index contributed by atoms with van der Waals surface area (Å²) < 4.78 is 7.48. The Morgan fingerprint density at radius 1 is 1.17 bits per heavy atom. The quantitative estimate of drug-likeness (QED) is 0.217. The number of halogens is 1. The van der Waals surface area contributed by atoms with Crippen molar-refractivity contribution in [2.75, 3.05) is 0 Å². The van der Waals surface area contributed by atoms with E-state index in [-0.39, 0.29) is 5.63 Å². The molecule has 2 heterocycles. The molecule has 0 N–H and O–H groups in total. The second-order valence-corrected chi connectivity index (χ2v) is 8.35. The molecule has 0 aliphatic carbocycles. The van der Waals surface area contributed by atoms with Gasteiger partial charge in [-0.2, -0.15) is 0 Å². The van der Waals surface area contributed by atoms with Gasteiger partial charge in [-0.3, -0.25) is 4.57 Å². The topological polar surface area (TPSA) is 60.9 Å². The zero-order valence-electron chi connectivity index (χ0n) is 16.7. The maximum absolute atomic E-state index is 12.1. The number of hydrogen-bond acceptors (Lipinski definition) is 5. The summed E-state index contributed by atoms with van der Waals surface area (Å²) >= 11 is 7.54. The van der Waals surface area contributed by atoms with Crippen LogP contribution in [0.1, 0.15) is 16.7 Å². The van der Waals surface area contributed by atoms with Gasteiger partial charge in [0.1, 0.15) is 5.58 Å². The van der Waals surface area contributed by atoms with E-state index in [1.807, 2.05) is 60.9 Å². The van der Waals surface area contributed by atoms with Crippen molar-refractivity contribution in [1.82, 2.24) is 14.8 Å². The molecule has 0 radical (unpaired) electrons. The molecule has 5 nitrogen and oxygen atoms in total. The van der Waals surface area contributed by atoms with Gasteiger partial charge in [0, 0.05) is 34.3 Å². The first-order chi connectivity index (χ1) is 14.5. The fraction of sp³-hybridized carbons (Fsp3) is 0.174. The second-order valence-electron chi connectivity index (χ2n) is 6.98. The van der Waals surface area contributed by atoms with E-state index in [0.717, 1.165) is 38.6 Å². The van der Waals surface area contributed by atoms with Crippen molar-refractivity contribution in [3.63, 3.8) is 0 Å². The summed E-state index contributed by atoms with van der Waals surface area (Å²) in [6.45, 7) is 8.40. The van der Waals surface area contributed by atoms with E-state index in [1.165, 1.54) is 11.8 Å². The third-order valence-electron chi connectivity index (χ3n) is 5.01. The van der Waals surface area contributed by atoms with Crippen LogP contribution < -0.4 is 5.63 Å². The molecule has 0 saturated heterocycles. The van der Waals surface area contributed by atoms with Crippen LogP contribution in [0, 0.1) is 13.8 Å². The van der Waals surface area contributed by atoms with E-state index in [2.05, 4.69) is 16.8 Å². The van der Waals surface area contributed by atoms with Gasteiger partial charge in [-0.25, -0.2) is 4.79 Å². The number of nitrogens with zero attached hydrogens (tertiary/aromatic N) is 3. The van der Waals surface area contributed by atoms with Crippen LogP contribution >= 0.6 is 23.4 Å². The number of allylic oxidation sites excluding steroid dienone is 1. The molecule has 4 aromatic rings. The predicted molar refractivity (Wildman–Crippen MR) is 122 cm³/mol. The number of fused-ring (bicyclic) bond motifs is 1. The lowest BCUT2D eigenvalue weighted by Crippen LogP contribution is -2.03. The Bertz CT molecular complexity index is 1290. The molecule has 0 saturated carbocycles. The maximum atomic E-state index is 12.1. The van der Waals surface area contributed by atoms with Gasteiger partial charge in [-0.1, -0.05) is 41.6 Å². The second kappa shape index (κ2) is 8.50. The molecule has 0 aliphatic rings. The van der Waals surface area contributed by atoms with Crippen molar-refractivity contribution in [1.29, 1.82) is 0 Å². The number of rotatable bonds is 6. The highest BCUT2D eigenvalue weighted by Crippen LogP contribution is 2.30. The number of aryl methyl sites for hydroxylation is 2. The van der Waals surface area contributed by atoms with Crippen LogP contribution in [0.3, 0.4) is 0 Å². The van der Waals surface area contributed by atoms with Crippen LogP contribution in [-0.2, 0) is 12.3 Å². The maximum Gasteiger partial charge on any atom is 0.336 e. The van der Waals surface area contributed by atoms with E-state index in [1.54, 1.807) is 6.07 Å². The Balaban J connectivity index is 1.69. The molecular weight excluding hydrogens is 418 g/mol. The van der Waals surface area contributed by atoms with Crippen LogP contribution in [0.5, 0.6) is 0 Å². The van der Waals surface area contributed by atoms with Crippen LogP contribution in [-0.4, -0.2) is 14.8 Å². The van der Waals surface area contributed by atoms with E-state index in [0.29, 0.717) is 22.9 Å². The molecule has 7 heteroatoms. The third kappa shape index (κ3) is 3.93. The normalized spacial score (nSPS) is 11.2. The van der Waals surface area contributed by atoms with Crippen LogP contribution in [0.2, 0.25) is 5.02 Å². The van der Waals surface area contributed by atoms with Crippen molar-refractivity contribution < 1.29 is 4.42 Å². The van der Waals surface area contributed by atoms with Gasteiger partial charge in [-0.05, 0) is 54.8 Å². The highest BCUT2D eigenvalue weighted by molar-refractivity contribution is 7.98. The lowest BCUT2D eigenvalue weighted by molar-refractivity contribution is 0.557. The Kier molecular flexibility index (Phi) is 5.79. The molecule has 0 aliphatic heterocycles. The lowest BCUT2D eigenvalue weighted by Gasteiger charge is -2.10. The predicted octanol–water partition coefficient (Wildman–Crippen LogP) is 5.80. The molecule has 0 unspecified atom stereocenters. The summed E-state index contributed by atoms with van der Waals surface area (Å²) in [5, 5.41) is 11.1. The van der Waals surface area contributed by atoms with Gasteiger partial charge in [0.25, 0.3) is 0 Å². The minimum absolute atomic E-state index is 0.346. The van der Waals surface area contributed by atoms with Gasteiger partial charge < -0.3 is 4.42 Å². The van der Waals surface area contributed by atoms with Crippen molar-refractivity contribution in [2.45, 2.75) is 31.3 Å². The highest BCUT2D eigenvalue weighted by Gasteiger charge is 2.15. The van der Waals surface area contributed by atoms with Gasteiger partial charge >= 0.3 is 5.63 Å². The number of hydrogen-bond donors (Lipinski definition) is 0. The van der Waals surface area contributed by atoms with Gasteiger partial charge in [0.2, 0.25) is 0 Å². The van der Waals surface area contributed by atoms with Crippen LogP contribution in [0.15, 0.2) is 69.5 Å². The molecule has 0 atom stereocenters. The molecule has 0 spiro atoms. The van der Waals surface area contributed by atoms with Crippen molar-refractivity contribution >= 4 is 34.3 Å². The molecular formula is C23H20ClN3O2S. The Morgan fingerprint density at radius 3 is 2.67 bits per heavy atom. The molecule has 0 bridgehead atoms. The van der Waals surface area contributed by atoms with Gasteiger partial charge in [0.15, 0.2) is 11.0 Å². The molecule has 2 aromatic carbocycles. The monoisotopic (exact) mass is 437 g/mol. The van der Waals surface area contributed by atoms with E-state index < -0.39 is 0 Å². The average Bonchev–Trinajstić information content (AvgIpc) is 3.13. The Hall–Kier alpha value is -2.83. The molecule has 30 heavy (non-hydrogen) atoms. The lowest BCUT2D eigenvalue weighted by atomic mass is 10.0. The summed E-state index contributed by atoms with van der Waals surface area (Å²) in [5.74, 6) is 1.32. The molecule has 0 fully saturated rings. The van der Waals surface area contributed by atoms with E-state index in [9.17, 15) is 4.79 Å². The largest absolute Gasteiger partial charge is 0.422 e. The van der Waals surface area contributed by atoms with Gasteiger partial charge in [-0.15, -0.1) is 16.8 Å². The SMILES string of the molecule is C=CCn1c(SCc2cc(=O)oc3c(C)c(C)ccc23)nnc1-c1ccc(Cl)cc1. The molecule has 2 aromatic heterocycles. The smallest absolute Gasteiger partial charge is 0.336 e. The van der Waals surface area contributed by atoms with Gasteiger partial charge in [0.05, 0.1) is 0 Å². The fourth-order valence-corrected chi connectivity index (χ4v) is 4.35. The number of thioether (sulfide) groups is 1. The summed E-state index contributed by atoms with van der Waals surface area (Å²) in [7, 11) is 0. The summed E-state index contributed by atoms with van der Waals surface area (Å²) in [6.07, 6.45) is 1.81. The van der Waals surface area contributed by atoms with Crippen LogP contribution in [0.4, 0.5) is 0 Å². The summed E-state index contributed by atoms with van der Waals surface area (Å²) in [6, 6.07) is 13.1. The zero-order chi connectivity index (χ0) is 21.3. The Morgan fingerprint density at radius 2 is 1.93 bits per heavy atom. The van der Waals surface area contributed by atoms with E-state index in [4.69, 9.17) is 16.0 Å². The van der Waals surface area contributed by atoms with Crippen molar-refractivity contribution in [3.05, 3.63) is 87.3 Å². The third-order valence-corrected chi connectivity index (χ3v) is 6.27. The zero-order valence-corrected chi connectivity index (χ0v) is 18.3. The highest BCUT2D eigenvalue weighted by atomic mass is 35.5. The minimum Gasteiger partial charge on any atom is -0.422 e. The van der Waals surface area contributed by atoms with E-state index >= 15 is 0 Å². The van der Waals surface area contributed by atoms with Crippen molar-refractivity contribution in [3.8, 4) is 11.4 Å². The Labute approximate surface area is 183 Å². The first-order valence-corrected chi connectivity index (χ1v) is 10.8. The molecule has 0 amide bonds. The first kappa shape index (κ1) is 20.4. The minimum atomic E-state index is -0.346. The summed E-state index contributed by atoms with van der Waals surface area (Å²) in [4.78, 5) is 12.1. The standard InChI is InChI=1S/C23H20ClN3O2S/c1-4-11-27-22(16-6-8-18(24)9-7-16)25-26-23(27)30-13-17-12-20(28)29-21-15(3)14(2)5-10-19(17)21/h4-10,12H,1,11,13H2,2-3H3. The van der Waals surface area contributed by atoms with Crippen molar-refractivity contribution in [2.24, 2.45) is 0 Å². The molecule has 152 valence electrons. The average molecular weight is 438 g/mol.